The summed E-state index contributed by atoms with van der Waals surface area (Å²) in [5.41, 5.74) is -1.93. The Balaban J connectivity index is 3.39. The van der Waals surface area contributed by atoms with E-state index in [1.807, 2.05) is 0 Å². The molecular weight excluding hydrogens is 194 g/mol. The highest BCUT2D eigenvalue weighted by molar-refractivity contribution is 5.31. The van der Waals surface area contributed by atoms with Crippen LogP contribution in [-0.2, 0) is 6.42 Å². The van der Waals surface area contributed by atoms with E-state index in [1.165, 1.54) is 0 Å². The molecule has 6 heteroatoms. The number of aromatic nitrogens is 1. The lowest BCUT2D eigenvalue weighted by molar-refractivity contribution is 0.144. The summed E-state index contributed by atoms with van der Waals surface area (Å²) in [4.78, 5) is 13.2. The Morgan fingerprint density at radius 2 is 2.29 bits per heavy atom. The van der Waals surface area contributed by atoms with Crippen LogP contribution >= 0.6 is 0 Å². The molecule has 0 aliphatic carbocycles. The molecule has 0 aliphatic rings. The van der Waals surface area contributed by atoms with Gasteiger partial charge in [0.1, 0.15) is 0 Å². The second kappa shape index (κ2) is 3.87. The summed E-state index contributed by atoms with van der Waals surface area (Å²) in [6.45, 7) is 0. The third-order valence-electron chi connectivity index (χ3n) is 1.67. The molecule has 0 radical (unpaired) electrons. The number of H-pyrrole nitrogens is 1. The Bertz CT molecular complexity index is 434. The number of aromatic hydroxyl groups is 1. The second-order valence-electron chi connectivity index (χ2n) is 2.53. The molecule has 1 aromatic heterocycles. The van der Waals surface area contributed by atoms with E-state index in [0.29, 0.717) is 0 Å². The number of rotatable bonds is 2. The zero-order valence-electron chi connectivity index (χ0n) is 6.92. The van der Waals surface area contributed by atoms with E-state index in [4.69, 9.17) is 10.4 Å². The number of alkyl halides is 2. The number of hydrogen-bond acceptors (Lipinski definition) is 3. The van der Waals surface area contributed by atoms with E-state index in [2.05, 4.69) is 4.98 Å². The van der Waals surface area contributed by atoms with Gasteiger partial charge in [-0.2, -0.15) is 5.26 Å². The molecule has 0 aliphatic heterocycles. The first-order chi connectivity index (χ1) is 6.57. The van der Waals surface area contributed by atoms with E-state index in [9.17, 15) is 13.6 Å². The van der Waals surface area contributed by atoms with Crippen molar-refractivity contribution in [1.29, 1.82) is 5.26 Å². The molecular formula is C8H6F2N2O2. The summed E-state index contributed by atoms with van der Waals surface area (Å²) in [7, 11) is 0. The minimum absolute atomic E-state index is 0.387. The van der Waals surface area contributed by atoms with Crippen molar-refractivity contribution in [2.45, 2.75) is 12.8 Å². The van der Waals surface area contributed by atoms with Crippen molar-refractivity contribution in [3.63, 3.8) is 0 Å². The fourth-order valence-electron chi connectivity index (χ4n) is 1.02. The average Bonchev–Trinajstić information content (AvgIpc) is 2.13. The molecule has 1 heterocycles. The summed E-state index contributed by atoms with van der Waals surface area (Å²) in [5.74, 6) is -0.667. The Morgan fingerprint density at radius 1 is 1.64 bits per heavy atom. The van der Waals surface area contributed by atoms with Crippen LogP contribution in [0.1, 0.15) is 17.7 Å². The van der Waals surface area contributed by atoms with Crippen LogP contribution in [0.15, 0.2) is 11.0 Å². The van der Waals surface area contributed by atoms with Gasteiger partial charge in [-0.15, -0.1) is 0 Å². The maximum Gasteiger partial charge on any atom is 0.278 e. The Hall–Kier alpha value is -1.90. The van der Waals surface area contributed by atoms with Crippen LogP contribution in [0, 0.1) is 11.3 Å². The molecule has 2 N–H and O–H groups in total. The lowest BCUT2D eigenvalue weighted by atomic mass is 10.1. The molecule has 0 spiro atoms. The number of pyridine rings is 1. The predicted octanol–water partition coefficient (Wildman–Crippen LogP) is 1.08. The quantitative estimate of drug-likeness (QED) is 0.749. The van der Waals surface area contributed by atoms with Crippen LogP contribution in [0.3, 0.4) is 0 Å². The van der Waals surface area contributed by atoms with Crippen LogP contribution in [0.4, 0.5) is 8.78 Å². The topological polar surface area (TPSA) is 76.9 Å². The minimum atomic E-state index is -2.87. The van der Waals surface area contributed by atoms with Gasteiger partial charge in [0.05, 0.1) is 18.2 Å². The highest BCUT2D eigenvalue weighted by Crippen LogP contribution is 2.19. The maximum absolute atomic E-state index is 12.3. The van der Waals surface area contributed by atoms with E-state index >= 15 is 0 Å². The van der Waals surface area contributed by atoms with Crippen LogP contribution in [0.2, 0.25) is 0 Å². The molecule has 0 fully saturated rings. The zero-order valence-corrected chi connectivity index (χ0v) is 6.92. The van der Waals surface area contributed by atoms with Gasteiger partial charge in [-0.05, 0) is 0 Å². The summed E-state index contributed by atoms with van der Waals surface area (Å²) in [6.07, 6.45) is -2.54. The molecule has 1 rings (SSSR count). The summed E-state index contributed by atoms with van der Waals surface area (Å²) in [5, 5.41) is 17.2. The van der Waals surface area contributed by atoms with E-state index in [-0.39, 0.29) is 5.56 Å². The van der Waals surface area contributed by atoms with Crippen molar-refractivity contribution in [2.24, 2.45) is 0 Å². The van der Waals surface area contributed by atoms with Crippen LogP contribution < -0.4 is 5.43 Å². The first-order valence-electron chi connectivity index (χ1n) is 3.66. The number of nitrogens with zero attached hydrogens (tertiary/aromatic N) is 1. The van der Waals surface area contributed by atoms with Crippen molar-refractivity contribution in [3.05, 3.63) is 27.7 Å². The molecule has 74 valence electrons. The molecule has 14 heavy (non-hydrogen) atoms. The highest BCUT2D eigenvalue weighted by Gasteiger charge is 2.17. The van der Waals surface area contributed by atoms with Crippen molar-refractivity contribution in [1.82, 2.24) is 4.98 Å². The van der Waals surface area contributed by atoms with Crippen LogP contribution in [0.5, 0.6) is 5.75 Å². The SMILES string of the molecule is N#CCc1c(C(F)F)[nH]cc(O)c1=O. The lowest BCUT2D eigenvalue weighted by Crippen LogP contribution is -2.13. The zero-order chi connectivity index (χ0) is 10.7. The molecule has 0 saturated carbocycles. The van der Waals surface area contributed by atoms with Crippen molar-refractivity contribution >= 4 is 0 Å². The molecule has 0 unspecified atom stereocenters. The fourth-order valence-corrected chi connectivity index (χ4v) is 1.02. The standard InChI is InChI=1S/C8H6F2N2O2/c9-8(10)6-4(1-2-11)7(14)5(13)3-12-6/h3,8,13H,1H2,(H,12,14). The first-order valence-corrected chi connectivity index (χ1v) is 3.66. The van der Waals surface area contributed by atoms with Gasteiger partial charge in [0, 0.05) is 11.8 Å². The average molecular weight is 200 g/mol. The molecule has 0 bridgehead atoms. The van der Waals surface area contributed by atoms with Gasteiger partial charge in [0.2, 0.25) is 5.43 Å². The van der Waals surface area contributed by atoms with E-state index < -0.39 is 29.7 Å². The van der Waals surface area contributed by atoms with Crippen LogP contribution in [-0.4, -0.2) is 10.1 Å². The van der Waals surface area contributed by atoms with Gasteiger partial charge in [0.25, 0.3) is 6.43 Å². The molecule has 0 aromatic carbocycles. The van der Waals surface area contributed by atoms with Crippen LogP contribution in [0.25, 0.3) is 0 Å². The fraction of sp³-hybridized carbons (Fsp3) is 0.250. The number of nitrogens with one attached hydrogen (secondary N) is 1. The van der Waals surface area contributed by atoms with Gasteiger partial charge < -0.3 is 10.1 Å². The van der Waals surface area contributed by atoms with E-state index in [1.54, 1.807) is 6.07 Å². The number of halogens is 2. The Labute approximate surface area is 77.4 Å². The number of aromatic amines is 1. The lowest BCUT2D eigenvalue weighted by Gasteiger charge is -2.04. The highest BCUT2D eigenvalue weighted by atomic mass is 19.3. The smallest absolute Gasteiger partial charge is 0.278 e. The predicted molar refractivity (Wildman–Crippen MR) is 43.0 cm³/mol. The van der Waals surface area contributed by atoms with Gasteiger partial charge >= 0.3 is 0 Å². The van der Waals surface area contributed by atoms with Gasteiger partial charge in [-0.25, -0.2) is 8.78 Å². The third kappa shape index (κ3) is 1.71. The minimum Gasteiger partial charge on any atom is -0.503 e. The largest absolute Gasteiger partial charge is 0.503 e. The second-order valence-corrected chi connectivity index (χ2v) is 2.53. The van der Waals surface area contributed by atoms with Crippen molar-refractivity contribution < 1.29 is 13.9 Å². The third-order valence-corrected chi connectivity index (χ3v) is 1.67. The molecule has 0 atom stereocenters. The normalized spacial score (nSPS) is 10.1. The molecule has 0 saturated heterocycles. The summed E-state index contributed by atoms with van der Waals surface area (Å²) < 4.78 is 24.6. The van der Waals surface area contributed by atoms with E-state index in [0.717, 1.165) is 6.20 Å². The monoisotopic (exact) mass is 200 g/mol. The maximum atomic E-state index is 12.3. The number of nitriles is 1. The number of hydrogen-bond donors (Lipinski definition) is 2. The Kier molecular flexibility index (Phi) is 2.82. The Morgan fingerprint density at radius 3 is 2.79 bits per heavy atom. The summed E-state index contributed by atoms with van der Waals surface area (Å²) >= 11 is 0. The van der Waals surface area contributed by atoms with Crippen molar-refractivity contribution in [3.8, 4) is 11.8 Å². The first kappa shape index (κ1) is 10.2. The van der Waals surface area contributed by atoms with Gasteiger partial charge in [-0.3, -0.25) is 4.79 Å². The van der Waals surface area contributed by atoms with Gasteiger partial charge in [-0.1, -0.05) is 0 Å². The van der Waals surface area contributed by atoms with Crippen molar-refractivity contribution in [2.75, 3.05) is 0 Å². The van der Waals surface area contributed by atoms with Gasteiger partial charge in [0.15, 0.2) is 5.75 Å². The summed E-state index contributed by atoms with van der Waals surface area (Å²) in [6, 6.07) is 1.58. The molecule has 4 nitrogen and oxygen atoms in total. The molecule has 1 aromatic rings. The molecule has 0 amide bonds.